The fourth-order valence-corrected chi connectivity index (χ4v) is 2.86. The second-order valence-electron chi connectivity index (χ2n) is 4.79. The lowest BCUT2D eigenvalue weighted by molar-refractivity contribution is 0.371. The van der Waals surface area contributed by atoms with Crippen molar-refractivity contribution in [2.75, 3.05) is 20.2 Å². The largest absolute Gasteiger partial charge is 0.495 e. The van der Waals surface area contributed by atoms with E-state index in [1.807, 2.05) is 6.92 Å². The van der Waals surface area contributed by atoms with Crippen molar-refractivity contribution in [3.05, 3.63) is 28.3 Å². The second kappa shape index (κ2) is 5.74. The van der Waals surface area contributed by atoms with E-state index in [-0.39, 0.29) is 0 Å². The number of hydrogen-bond donors (Lipinski definition) is 1. The molecule has 1 aliphatic heterocycles. The van der Waals surface area contributed by atoms with Crippen LogP contribution in [0.5, 0.6) is 5.75 Å². The lowest BCUT2D eigenvalue weighted by atomic mass is 9.90. The molecule has 1 saturated heterocycles. The average molecular weight is 254 g/mol. The van der Waals surface area contributed by atoms with Gasteiger partial charge in [0.25, 0.3) is 0 Å². The topological polar surface area (TPSA) is 21.3 Å². The summed E-state index contributed by atoms with van der Waals surface area (Å²) in [4.78, 5) is 0. The first kappa shape index (κ1) is 12.7. The monoisotopic (exact) mass is 253 g/mol. The molecule has 2 nitrogen and oxygen atoms in total. The van der Waals surface area contributed by atoms with Gasteiger partial charge in [-0.1, -0.05) is 23.7 Å². The van der Waals surface area contributed by atoms with Crippen molar-refractivity contribution in [1.82, 2.24) is 5.32 Å². The molecule has 0 aliphatic carbocycles. The van der Waals surface area contributed by atoms with Crippen LogP contribution in [0, 0.1) is 12.8 Å². The third kappa shape index (κ3) is 2.93. The van der Waals surface area contributed by atoms with Crippen LogP contribution >= 0.6 is 11.6 Å². The SMILES string of the molecule is COc1c(C)ccc(CC2CCNCC2)c1Cl. The van der Waals surface area contributed by atoms with Gasteiger partial charge in [0.15, 0.2) is 0 Å². The van der Waals surface area contributed by atoms with Crippen LogP contribution in [0.4, 0.5) is 0 Å². The Morgan fingerprint density at radius 3 is 2.71 bits per heavy atom. The number of rotatable bonds is 3. The highest BCUT2D eigenvalue weighted by Crippen LogP contribution is 2.33. The number of nitrogens with one attached hydrogen (secondary N) is 1. The van der Waals surface area contributed by atoms with Gasteiger partial charge < -0.3 is 10.1 Å². The van der Waals surface area contributed by atoms with Crippen LogP contribution < -0.4 is 10.1 Å². The Hall–Kier alpha value is -0.730. The molecule has 0 unspecified atom stereocenters. The first-order chi connectivity index (χ1) is 8.22. The molecule has 0 spiro atoms. The van der Waals surface area contributed by atoms with Gasteiger partial charge in [-0.05, 0) is 56.3 Å². The number of aryl methyl sites for hydroxylation is 1. The minimum atomic E-state index is 0.751. The molecule has 0 bridgehead atoms. The summed E-state index contributed by atoms with van der Waals surface area (Å²) in [6, 6.07) is 4.24. The van der Waals surface area contributed by atoms with Crippen LogP contribution in [0.25, 0.3) is 0 Å². The van der Waals surface area contributed by atoms with Crippen molar-refractivity contribution in [3.8, 4) is 5.75 Å². The Morgan fingerprint density at radius 2 is 2.06 bits per heavy atom. The first-order valence-corrected chi connectivity index (χ1v) is 6.63. The van der Waals surface area contributed by atoms with Gasteiger partial charge in [-0.2, -0.15) is 0 Å². The number of piperidine rings is 1. The van der Waals surface area contributed by atoms with Gasteiger partial charge >= 0.3 is 0 Å². The van der Waals surface area contributed by atoms with E-state index in [0.29, 0.717) is 0 Å². The molecule has 0 atom stereocenters. The molecule has 0 saturated carbocycles. The third-order valence-electron chi connectivity index (χ3n) is 3.55. The maximum absolute atomic E-state index is 6.39. The summed E-state index contributed by atoms with van der Waals surface area (Å²) in [7, 11) is 1.68. The molecule has 1 aromatic rings. The van der Waals surface area contributed by atoms with Crippen LogP contribution in [0.1, 0.15) is 24.0 Å². The molecule has 17 heavy (non-hydrogen) atoms. The smallest absolute Gasteiger partial charge is 0.140 e. The molecular weight excluding hydrogens is 234 g/mol. The number of benzene rings is 1. The lowest BCUT2D eigenvalue weighted by Gasteiger charge is -2.23. The van der Waals surface area contributed by atoms with Gasteiger partial charge in [0, 0.05) is 0 Å². The number of methoxy groups -OCH3 is 1. The number of ether oxygens (including phenoxy) is 1. The summed E-state index contributed by atoms with van der Waals surface area (Å²) >= 11 is 6.39. The van der Waals surface area contributed by atoms with Crippen molar-refractivity contribution in [2.45, 2.75) is 26.2 Å². The summed E-state index contributed by atoms with van der Waals surface area (Å²) in [6.07, 6.45) is 3.55. The first-order valence-electron chi connectivity index (χ1n) is 6.25. The molecule has 3 heteroatoms. The van der Waals surface area contributed by atoms with E-state index < -0.39 is 0 Å². The van der Waals surface area contributed by atoms with Crippen molar-refractivity contribution < 1.29 is 4.74 Å². The molecule has 1 aromatic carbocycles. The van der Waals surface area contributed by atoms with Crippen molar-refractivity contribution in [3.63, 3.8) is 0 Å². The zero-order valence-electron chi connectivity index (χ0n) is 10.6. The molecule has 1 heterocycles. The predicted molar refractivity (Wildman–Crippen MR) is 72.0 cm³/mol. The Balaban J connectivity index is 2.15. The fraction of sp³-hybridized carbons (Fsp3) is 0.571. The molecule has 1 fully saturated rings. The number of halogens is 1. The molecule has 1 aliphatic rings. The summed E-state index contributed by atoms with van der Waals surface area (Å²) in [5.41, 5.74) is 2.33. The zero-order chi connectivity index (χ0) is 12.3. The molecule has 0 radical (unpaired) electrons. The van der Waals surface area contributed by atoms with Crippen molar-refractivity contribution >= 4 is 11.6 Å². The maximum atomic E-state index is 6.39. The standard InChI is InChI=1S/C14H20ClNO/c1-10-3-4-12(13(15)14(10)17-2)9-11-5-7-16-8-6-11/h3-4,11,16H,5-9H2,1-2H3. The van der Waals surface area contributed by atoms with E-state index in [4.69, 9.17) is 16.3 Å². The van der Waals surface area contributed by atoms with Crippen LogP contribution in [-0.2, 0) is 6.42 Å². The van der Waals surface area contributed by atoms with Crippen LogP contribution in [0.3, 0.4) is 0 Å². The quantitative estimate of drug-likeness (QED) is 0.893. The summed E-state index contributed by atoms with van der Waals surface area (Å²) in [6.45, 7) is 4.29. The van der Waals surface area contributed by atoms with E-state index in [1.165, 1.54) is 18.4 Å². The van der Waals surface area contributed by atoms with Crippen LogP contribution in [0.15, 0.2) is 12.1 Å². The normalized spacial score (nSPS) is 17.1. The molecule has 2 rings (SSSR count). The fourth-order valence-electron chi connectivity index (χ4n) is 2.50. The van der Waals surface area contributed by atoms with Gasteiger partial charge in [0.1, 0.15) is 5.75 Å². The summed E-state index contributed by atoms with van der Waals surface area (Å²) < 4.78 is 5.36. The Bertz CT molecular complexity index is 386. The third-order valence-corrected chi connectivity index (χ3v) is 3.96. The zero-order valence-corrected chi connectivity index (χ0v) is 11.3. The van der Waals surface area contributed by atoms with Gasteiger partial charge in [0.05, 0.1) is 12.1 Å². The van der Waals surface area contributed by atoms with Gasteiger partial charge in [-0.15, -0.1) is 0 Å². The Kier molecular flexibility index (Phi) is 4.30. The van der Waals surface area contributed by atoms with E-state index in [2.05, 4.69) is 17.4 Å². The van der Waals surface area contributed by atoms with Crippen molar-refractivity contribution in [2.24, 2.45) is 5.92 Å². The number of hydrogen-bond acceptors (Lipinski definition) is 2. The summed E-state index contributed by atoms with van der Waals surface area (Å²) in [5, 5.41) is 4.19. The Labute approximate surface area is 108 Å². The van der Waals surface area contributed by atoms with E-state index in [0.717, 1.165) is 41.8 Å². The minimum Gasteiger partial charge on any atom is -0.495 e. The van der Waals surface area contributed by atoms with Crippen molar-refractivity contribution in [1.29, 1.82) is 0 Å². The average Bonchev–Trinajstić information content (AvgIpc) is 2.35. The van der Waals surface area contributed by atoms with Gasteiger partial charge in [0.2, 0.25) is 0 Å². The highest BCUT2D eigenvalue weighted by Gasteiger charge is 2.17. The highest BCUT2D eigenvalue weighted by molar-refractivity contribution is 6.33. The lowest BCUT2D eigenvalue weighted by Crippen LogP contribution is -2.28. The van der Waals surface area contributed by atoms with E-state index in [9.17, 15) is 0 Å². The molecule has 0 amide bonds. The maximum Gasteiger partial charge on any atom is 0.140 e. The molecule has 94 valence electrons. The van der Waals surface area contributed by atoms with Gasteiger partial charge in [-0.3, -0.25) is 0 Å². The second-order valence-corrected chi connectivity index (χ2v) is 5.16. The minimum absolute atomic E-state index is 0.751. The molecule has 0 aromatic heterocycles. The van der Waals surface area contributed by atoms with Crippen LogP contribution in [-0.4, -0.2) is 20.2 Å². The molecule has 1 N–H and O–H groups in total. The van der Waals surface area contributed by atoms with E-state index >= 15 is 0 Å². The Morgan fingerprint density at radius 1 is 1.35 bits per heavy atom. The highest BCUT2D eigenvalue weighted by atomic mass is 35.5. The van der Waals surface area contributed by atoms with Gasteiger partial charge in [-0.25, -0.2) is 0 Å². The molecular formula is C14H20ClNO. The predicted octanol–water partition coefficient (Wildman–Crippen LogP) is 3.20. The summed E-state index contributed by atoms with van der Waals surface area (Å²) in [5.74, 6) is 1.58. The van der Waals surface area contributed by atoms with Crippen LogP contribution in [0.2, 0.25) is 5.02 Å². The van der Waals surface area contributed by atoms with E-state index in [1.54, 1.807) is 7.11 Å².